The van der Waals surface area contributed by atoms with Crippen molar-refractivity contribution in [3.63, 3.8) is 0 Å². The molecule has 6 heteroatoms. The molecular formula is C6H4BF3O2. The number of benzene rings is 1. The Balaban J connectivity index is 3.33. The maximum Gasteiger partial charge on any atom is 0.494 e. The summed E-state index contributed by atoms with van der Waals surface area (Å²) in [6, 6.07) is 1.18. The predicted molar refractivity (Wildman–Crippen MR) is 36.1 cm³/mol. The minimum absolute atomic E-state index is 0.566. The van der Waals surface area contributed by atoms with E-state index in [1.54, 1.807) is 0 Å². The largest absolute Gasteiger partial charge is 0.494 e. The van der Waals surface area contributed by atoms with Crippen LogP contribution < -0.4 is 5.46 Å². The van der Waals surface area contributed by atoms with Gasteiger partial charge in [0, 0.05) is 0 Å². The Bertz CT molecular complexity index is 303. The van der Waals surface area contributed by atoms with Gasteiger partial charge in [0.15, 0.2) is 11.6 Å². The van der Waals surface area contributed by atoms with Gasteiger partial charge in [0.2, 0.25) is 0 Å². The summed E-state index contributed by atoms with van der Waals surface area (Å²) in [6.07, 6.45) is 0. The molecule has 0 spiro atoms. The molecule has 0 bridgehead atoms. The molecule has 0 fully saturated rings. The molecule has 12 heavy (non-hydrogen) atoms. The zero-order valence-electron chi connectivity index (χ0n) is 5.76. The normalized spacial score (nSPS) is 10.1. The van der Waals surface area contributed by atoms with E-state index in [4.69, 9.17) is 10.0 Å². The van der Waals surface area contributed by atoms with Crippen molar-refractivity contribution in [1.29, 1.82) is 0 Å². The van der Waals surface area contributed by atoms with Crippen LogP contribution in [0.5, 0.6) is 0 Å². The fourth-order valence-corrected chi connectivity index (χ4v) is 0.779. The summed E-state index contributed by atoms with van der Waals surface area (Å²) in [5, 5.41) is 16.8. The van der Waals surface area contributed by atoms with Crippen molar-refractivity contribution in [2.24, 2.45) is 0 Å². The molecule has 0 atom stereocenters. The van der Waals surface area contributed by atoms with Crippen molar-refractivity contribution in [1.82, 2.24) is 0 Å². The number of halogens is 3. The molecule has 2 nitrogen and oxygen atoms in total. The van der Waals surface area contributed by atoms with E-state index in [-0.39, 0.29) is 0 Å². The minimum atomic E-state index is -2.35. The summed E-state index contributed by atoms with van der Waals surface area (Å²) in [7, 11) is -2.35. The summed E-state index contributed by atoms with van der Waals surface area (Å²) < 4.78 is 37.5. The molecule has 2 N–H and O–H groups in total. The van der Waals surface area contributed by atoms with Crippen molar-refractivity contribution in [2.75, 3.05) is 0 Å². The van der Waals surface area contributed by atoms with E-state index in [2.05, 4.69) is 0 Å². The van der Waals surface area contributed by atoms with E-state index in [0.29, 0.717) is 12.1 Å². The van der Waals surface area contributed by atoms with Gasteiger partial charge in [-0.25, -0.2) is 13.2 Å². The highest BCUT2D eigenvalue weighted by molar-refractivity contribution is 6.58. The lowest BCUT2D eigenvalue weighted by molar-refractivity contribution is 0.415. The van der Waals surface area contributed by atoms with Gasteiger partial charge in [-0.1, -0.05) is 0 Å². The van der Waals surface area contributed by atoms with Crippen LogP contribution in [0.2, 0.25) is 0 Å². The third kappa shape index (κ3) is 1.44. The molecular weight excluding hydrogens is 172 g/mol. The van der Waals surface area contributed by atoms with Crippen LogP contribution in [0.1, 0.15) is 0 Å². The first-order valence-corrected chi connectivity index (χ1v) is 3.03. The van der Waals surface area contributed by atoms with E-state index in [1.807, 2.05) is 0 Å². The highest BCUT2D eigenvalue weighted by Crippen LogP contribution is 2.05. The third-order valence-electron chi connectivity index (χ3n) is 1.34. The molecule has 0 aliphatic heterocycles. The van der Waals surface area contributed by atoms with Crippen LogP contribution >= 0.6 is 0 Å². The second kappa shape index (κ2) is 3.16. The minimum Gasteiger partial charge on any atom is -0.423 e. The molecule has 0 heterocycles. The van der Waals surface area contributed by atoms with Gasteiger partial charge in [0.1, 0.15) is 5.82 Å². The highest BCUT2D eigenvalue weighted by Gasteiger charge is 2.23. The molecule has 64 valence electrons. The van der Waals surface area contributed by atoms with Gasteiger partial charge in [-0.05, 0) is 12.1 Å². The van der Waals surface area contributed by atoms with Crippen molar-refractivity contribution < 1.29 is 23.2 Å². The molecule has 0 aromatic heterocycles. The third-order valence-corrected chi connectivity index (χ3v) is 1.34. The van der Waals surface area contributed by atoms with Gasteiger partial charge in [0.25, 0.3) is 0 Å². The molecule has 0 radical (unpaired) electrons. The maximum atomic E-state index is 12.6. The van der Waals surface area contributed by atoms with Gasteiger partial charge < -0.3 is 10.0 Å². The van der Waals surface area contributed by atoms with Gasteiger partial charge in [-0.3, -0.25) is 0 Å². The number of rotatable bonds is 1. The lowest BCUT2D eigenvalue weighted by Crippen LogP contribution is -2.36. The second-order valence-corrected chi connectivity index (χ2v) is 2.13. The van der Waals surface area contributed by atoms with Crippen molar-refractivity contribution in [2.45, 2.75) is 0 Å². The fourth-order valence-electron chi connectivity index (χ4n) is 0.779. The number of hydrogen-bond acceptors (Lipinski definition) is 2. The zero-order chi connectivity index (χ0) is 9.30. The first-order valence-electron chi connectivity index (χ1n) is 3.03. The lowest BCUT2D eigenvalue weighted by atomic mass is 9.79. The van der Waals surface area contributed by atoms with Crippen LogP contribution in [0.25, 0.3) is 0 Å². The average Bonchev–Trinajstić information content (AvgIpc) is 1.97. The van der Waals surface area contributed by atoms with Crippen LogP contribution in [0.15, 0.2) is 12.1 Å². The van der Waals surface area contributed by atoms with Crippen molar-refractivity contribution >= 4 is 12.6 Å². The molecule has 0 amide bonds. The van der Waals surface area contributed by atoms with Gasteiger partial charge >= 0.3 is 7.12 Å². The van der Waals surface area contributed by atoms with E-state index < -0.39 is 30.0 Å². The van der Waals surface area contributed by atoms with Crippen LogP contribution in [0.4, 0.5) is 13.2 Å². The Hall–Kier alpha value is -1.01. The summed E-state index contributed by atoms with van der Waals surface area (Å²) in [4.78, 5) is 0. The summed E-state index contributed by atoms with van der Waals surface area (Å²) in [5.41, 5.74) is -1.07. The molecule has 0 saturated carbocycles. The van der Waals surface area contributed by atoms with Gasteiger partial charge in [0.05, 0.1) is 5.46 Å². The molecule has 1 aromatic carbocycles. The Labute approximate surface area is 66.4 Å². The smallest absolute Gasteiger partial charge is 0.423 e. The first kappa shape index (κ1) is 9.09. The maximum absolute atomic E-state index is 12.6. The summed E-state index contributed by atoms with van der Waals surface area (Å²) in [5.74, 6) is -4.09. The van der Waals surface area contributed by atoms with E-state index in [1.165, 1.54) is 0 Å². The monoisotopic (exact) mass is 176 g/mol. The van der Waals surface area contributed by atoms with E-state index in [0.717, 1.165) is 0 Å². The standard InChI is InChI=1S/C6H4BF3O2/c8-3-1-2-4(9)6(10)5(3)7(11)12/h1-2,11-12H. The molecule has 0 aliphatic carbocycles. The first-order chi connectivity index (χ1) is 5.54. The molecule has 0 saturated heterocycles. The Morgan fingerprint density at radius 1 is 1.00 bits per heavy atom. The topological polar surface area (TPSA) is 40.5 Å². The predicted octanol–water partition coefficient (Wildman–Crippen LogP) is -0.216. The van der Waals surface area contributed by atoms with Crippen molar-refractivity contribution in [3.05, 3.63) is 29.6 Å². The molecule has 0 unspecified atom stereocenters. The van der Waals surface area contributed by atoms with Crippen LogP contribution in [0.3, 0.4) is 0 Å². The molecule has 1 rings (SSSR count). The Kier molecular flexibility index (Phi) is 2.39. The van der Waals surface area contributed by atoms with E-state index >= 15 is 0 Å². The fraction of sp³-hybridized carbons (Fsp3) is 0. The van der Waals surface area contributed by atoms with E-state index in [9.17, 15) is 13.2 Å². The lowest BCUT2D eigenvalue weighted by Gasteiger charge is -2.02. The average molecular weight is 176 g/mol. The highest BCUT2D eigenvalue weighted by atomic mass is 19.2. The summed E-state index contributed by atoms with van der Waals surface area (Å²) >= 11 is 0. The molecule has 0 aliphatic rings. The molecule has 1 aromatic rings. The Morgan fingerprint density at radius 2 is 1.50 bits per heavy atom. The SMILES string of the molecule is OB(O)c1c(F)ccc(F)c1F. The zero-order valence-corrected chi connectivity index (χ0v) is 5.76. The van der Waals surface area contributed by atoms with Crippen LogP contribution in [-0.4, -0.2) is 17.2 Å². The summed E-state index contributed by atoms with van der Waals surface area (Å²) in [6.45, 7) is 0. The van der Waals surface area contributed by atoms with Crippen molar-refractivity contribution in [3.8, 4) is 0 Å². The van der Waals surface area contributed by atoms with Gasteiger partial charge in [-0.2, -0.15) is 0 Å². The Morgan fingerprint density at radius 3 is 1.92 bits per heavy atom. The number of hydrogen-bond donors (Lipinski definition) is 2. The van der Waals surface area contributed by atoms with Crippen LogP contribution in [0, 0.1) is 17.5 Å². The quantitative estimate of drug-likeness (QED) is 0.458. The van der Waals surface area contributed by atoms with Gasteiger partial charge in [-0.15, -0.1) is 0 Å². The van der Waals surface area contributed by atoms with Crippen LogP contribution in [-0.2, 0) is 0 Å². The second-order valence-electron chi connectivity index (χ2n) is 2.13.